The fourth-order valence-corrected chi connectivity index (χ4v) is 2.18. The summed E-state index contributed by atoms with van der Waals surface area (Å²) in [5.41, 5.74) is 0.715. The van der Waals surface area contributed by atoms with E-state index in [-0.39, 0.29) is 11.7 Å². The molecule has 0 saturated carbocycles. The first kappa shape index (κ1) is 15.8. The third-order valence-corrected chi connectivity index (χ3v) is 3.37. The molecule has 0 aliphatic rings. The van der Waals surface area contributed by atoms with Crippen molar-refractivity contribution in [2.24, 2.45) is 0 Å². The Balaban J connectivity index is 1.80. The number of rotatable bonds is 7. The van der Waals surface area contributed by atoms with Crippen LogP contribution in [0.5, 0.6) is 11.5 Å². The van der Waals surface area contributed by atoms with Crippen molar-refractivity contribution in [1.29, 1.82) is 5.26 Å². The summed E-state index contributed by atoms with van der Waals surface area (Å²) in [6, 6.07) is 15.8. The zero-order valence-corrected chi connectivity index (χ0v) is 12.5. The van der Waals surface area contributed by atoms with Crippen LogP contribution in [0.1, 0.15) is 24.3 Å². The van der Waals surface area contributed by atoms with Gasteiger partial charge in [-0.3, -0.25) is 0 Å². The van der Waals surface area contributed by atoms with Crippen molar-refractivity contribution in [3.05, 3.63) is 59.9 Å². The van der Waals surface area contributed by atoms with Gasteiger partial charge in [0.15, 0.2) is 0 Å². The van der Waals surface area contributed by atoms with E-state index in [0.717, 1.165) is 17.9 Å². The lowest BCUT2D eigenvalue weighted by molar-refractivity contribution is 0.304. The molecular formula is C18H18FNO2. The van der Waals surface area contributed by atoms with E-state index in [0.29, 0.717) is 18.6 Å². The summed E-state index contributed by atoms with van der Waals surface area (Å²) in [6.45, 7) is 0.514. The lowest BCUT2D eigenvalue weighted by Crippen LogP contribution is -2.02. The SMILES string of the molecule is COc1ccc(OCCCC(C#N)c2cccc(F)c2)cc1. The Hall–Kier alpha value is -2.54. The first-order valence-electron chi connectivity index (χ1n) is 7.15. The van der Waals surface area contributed by atoms with Crippen LogP contribution in [-0.2, 0) is 0 Å². The van der Waals surface area contributed by atoms with E-state index in [9.17, 15) is 9.65 Å². The third-order valence-electron chi connectivity index (χ3n) is 3.37. The van der Waals surface area contributed by atoms with Crippen molar-refractivity contribution >= 4 is 0 Å². The molecule has 22 heavy (non-hydrogen) atoms. The van der Waals surface area contributed by atoms with Gasteiger partial charge < -0.3 is 9.47 Å². The summed E-state index contributed by atoms with van der Waals surface area (Å²) in [5.74, 6) is 0.922. The maximum atomic E-state index is 13.2. The van der Waals surface area contributed by atoms with Crippen LogP contribution >= 0.6 is 0 Å². The quantitative estimate of drug-likeness (QED) is 0.716. The van der Waals surface area contributed by atoms with E-state index in [1.807, 2.05) is 24.3 Å². The molecule has 2 aromatic rings. The summed E-state index contributed by atoms with van der Waals surface area (Å²) in [7, 11) is 1.62. The number of hydrogen-bond donors (Lipinski definition) is 0. The van der Waals surface area contributed by atoms with Gasteiger partial charge in [-0.1, -0.05) is 12.1 Å². The van der Waals surface area contributed by atoms with Gasteiger partial charge in [0, 0.05) is 0 Å². The van der Waals surface area contributed by atoms with E-state index in [4.69, 9.17) is 9.47 Å². The lowest BCUT2D eigenvalue weighted by atomic mass is 9.96. The maximum absolute atomic E-state index is 13.2. The maximum Gasteiger partial charge on any atom is 0.123 e. The molecule has 0 amide bonds. The van der Waals surface area contributed by atoms with Gasteiger partial charge in [-0.05, 0) is 54.8 Å². The predicted molar refractivity (Wildman–Crippen MR) is 82.5 cm³/mol. The number of benzene rings is 2. The van der Waals surface area contributed by atoms with Gasteiger partial charge in [-0.15, -0.1) is 0 Å². The molecule has 0 aromatic heterocycles. The molecule has 1 unspecified atom stereocenters. The number of ether oxygens (including phenoxy) is 2. The van der Waals surface area contributed by atoms with Gasteiger partial charge in [0.25, 0.3) is 0 Å². The first-order chi connectivity index (χ1) is 10.7. The van der Waals surface area contributed by atoms with Crippen molar-refractivity contribution in [3.8, 4) is 17.6 Å². The molecule has 1 atom stereocenters. The highest BCUT2D eigenvalue weighted by Gasteiger charge is 2.11. The van der Waals surface area contributed by atoms with E-state index in [1.54, 1.807) is 19.2 Å². The summed E-state index contributed by atoms with van der Waals surface area (Å²) in [6.07, 6.45) is 1.36. The topological polar surface area (TPSA) is 42.2 Å². The first-order valence-corrected chi connectivity index (χ1v) is 7.15. The molecule has 0 N–H and O–H groups in total. The van der Waals surface area contributed by atoms with Crippen LogP contribution < -0.4 is 9.47 Å². The summed E-state index contributed by atoms with van der Waals surface area (Å²) in [5, 5.41) is 9.22. The zero-order chi connectivity index (χ0) is 15.8. The van der Waals surface area contributed by atoms with Crippen LogP contribution in [0.15, 0.2) is 48.5 Å². The molecule has 4 heteroatoms. The monoisotopic (exact) mass is 299 g/mol. The molecule has 0 fully saturated rings. The molecule has 0 spiro atoms. The molecule has 2 aromatic carbocycles. The molecule has 3 nitrogen and oxygen atoms in total. The normalized spacial score (nSPS) is 11.5. The Labute approximate surface area is 129 Å². The minimum absolute atomic E-state index is 0.310. The molecule has 2 rings (SSSR count). The van der Waals surface area contributed by atoms with E-state index in [2.05, 4.69) is 6.07 Å². The third kappa shape index (κ3) is 4.49. The fourth-order valence-electron chi connectivity index (χ4n) is 2.18. The van der Waals surface area contributed by atoms with Gasteiger partial charge in [-0.25, -0.2) is 4.39 Å². The van der Waals surface area contributed by atoms with Crippen molar-refractivity contribution in [3.63, 3.8) is 0 Å². The van der Waals surface area contributed by atoms with Gasteiger partial charge in [0.05, 0.1) is 25.7 Å². The van der Waals surface area contributed by atoms with Crippen LogP contribution in [0.4, 0.5) is 4.39 Å². The predicted octanol–water partition coefficient (Wildman–Crippen LogP) is 4.30. The fraction of sp³-hybridized carbons (Fsp3) is 0.278. The Kier molecular flexibility index (Phi) is 5.79. The van der Waals surface area contributed by atoms with Crippen LogP contribution in [0.25, 0.3) is 0 Å². The highest BCUT2D eigenvalue weighted by atomic mass is 19.1. The minimum Gasteiger partial charge on any atom is -0.497 e. The second-order valence-electron chi connectivity index (χ2n) is 4.90. The lowest BCUT2D eigenvalue weighted by Gasteiger charge is -2.11. The molecule has 114 valence electrons. The van der Waals surface area contributed by atoms with Gasteiger partial charge in [-0.2, -0.15) is 5.26 Å². The molecule has 0 radical (unpaired) electrons. The summed E-state index contributed by atoms with van der Waals surface area (Å²) in [4.78, 5) is 0. The Morgan fingerprint density at radius 1 is 1.14 bits per heavy atom. The van der Waals surface area contributed by atoms with E-state index in [1.165, 1.54) is 12.1 Å². The van der Waals surface area contributed by atoms with Crippen LogP contribution in [-0.4, -0.2) is 13.7 Å². The van der Waals surface area contributed by atoms with Crippen molar-refractivity contribution in [2.45, 2.75) is 18.8 Å². The second-order valence-corrected chi connectivity index (χ2v) is 4.90. The van der Waals surface area contributed by atoms with Crippen LogP contribution in [0.3, 0.4) is 0 Å². The second kappa shape index (κ2) is 8.04. The summed E-state index contributed by atoms with van der Waals surface area (Å²) >= 11 is 0. The molecule has 0 aliphatic carbocycles. The smallest absolute Gasteiger partial charge is 0.123 e. The molecule has 0 heterocycles. The van der Waals surface area contributed by atoms with Gasteiger partial charge in [0.1, 0.15) is 17.3 Å². The number of methoxy groups -OCH3 is 1. The van der Waals surface area contributed by atoms with Crippen LogP contribution in [0.2, 0.25) is 0 Å². The number of nitrogens with zero attached hydrogens (tertiary/aromatic N) is 1. The van der Waals surface area contributed by atoms with Crippen molar-refractivity contribution < 1.29 is 13.9 Å². The largest absolute Gasteiger partial charge is 0.497 e. The standard InChI is InChI=1S/C18H18FNO2/c1-21-17-7-9-18(10-8-17)22-11-3-5-15(13-20)14-4-2-6-16(19)12-14/h2,4,6-10,12,15H,3,5,11H2,1H3. The summed E-state index contributed by atoms with van der Waals surface area (Å²) < 4.78 is 23.9. The minimum atomic E-state index is -0.313. The number of hydrogen-bond acceptors (Lipinski definition) is 3. The number of halogens is 1. The Morgan fingerprint density at radius 3 is 2.50 bits per heavy atom. The van der Waals surface area contributed by atoms with Gasteiger partial charge in [0.2, 0.25) is 0 Å². The van der Waals surface area contributed by atoms with Crippen molar-refractivity contribution in [1.82, 2.24) is 0 Å². The molecule has 0 aliphatic heterocycles. The Bertz CT molecular complexity index is 634. The highest BCUT2D eigenvalue weighted by molar-refractivity contribution is 5.31. The average molecular weight is 299 g/mol. The average Bonchev–Trinajstić information content (AvgIpc) is 2.55. The molecule has 0 saturated heterocycles. The highest BCUT2D eigenvalue weighted by Crippen LogP contribution is 2.22. The number of nitriles is 1. The Morgan fingerprint density at radius 2 is 1.86 bits per heavy atom. The van der Waals surface area contributed by atoms with Crippen molar-refractivity contribution in [2.75, 3.05) is 13.7 Å². The van der Waals surface area contributed by atoms with Gasteiger partial charge >= 0.3 is 0 Å². The van der Waals surface area contributed by atoms with E-state index < -0.39 is 0 Å². The van der Waals surface area contributed by atoms with Crippen LogP contribution in [0, 0.1) is 17.1 Å². The molecular weight excluding hydrogens is 281 g/mol. The van der Waals surface area contributed by atoms with E-state index >= 15 is 0 Å². The molecule has 0 bridgehead atoms. The zero-order valence-electron chi connectivity index (χ0n) is 12.5.